The smallest absolute Gasteiger partial charge is 0.168 e. The summed E-state index contributed by atoms with van der Waals surface area (Å²) in [7, 11) is 5.07. The highest BCUT2D eigenvalue weighted by atomic mass is 16.5. The molecule has 3 nitrogen and oxygen atoms in total. The predicted octanol–water partition coefficient (Wildman–Crippen LogP) is 5.13. The van der Waals surface area contributed by atoms with Gasteiger partial charge in [-0.05, 0) is 72.9 Å². The van der Waals surface area contributed by atoms with Crippen LogP contribution in [-0.2, 0) is 6.42 Å². The first-order valence-corrected chi connectivity index (χ1v) is 10.3. The summed E-state index contributed by atoms with van der Waals surface area (Å²) in [5, 5.41) is 2.14. The van der Waals surface area contributed by atoms with Crippen LogP contribution in [0, 0.1) is 0 Å². The van der Waals surface area contributed by atoms with Gasteiger partial charge in [0, 0.05) is 5.22 Å². The summed E-state index contributed by atoms with van der Waals surface area (Å²) in [6.45, 7) is 8.65. The second kappa shape index (κ2) is 10.8. The average molecular weight is 395 g/mol. The topological polar surface area (TPSA) is 27.7 Å². The summed E-state index contributed by atoms with van der Waals surface area (Å²) in [6.07, 6.45) is 7.45. The summed E-state index contributed by atoms with van der Waals surface area (Å²) in [5.74, 6) is 2.38. The van der Waals surface area contributed by atoms with Crippen molar-refractivity contribution in [2.75, 3.05) is 21.3 Å². The van der Waals surface area contributed by atoms with Gasteiger partial charge in [-0.3, -0.25) is 0 Å². The van der Waals surface area contributed by atoms with Gasteiger partial charge in [0.25, 0.3) is 0 Å². The molecule has 0 saturated carbocycles. The van der Waals surface area contributed by atoms with Crippen LogP contribution < -0.4 is 24.6 Å². The monoisotopic (exact) mass is 394 g/mol. The zero-order valence-electron chi connectivity index (χ0n) is 18.9. The number of allylic oxidation sites excluding steroid dienone is 2. The molecule has 0 saturated heterocycles. The summed E-state index contributed by atoms with van der Waals surface area (Å²) >= 11 is 0. The fraction of sp³-hybridized carbons (Fsp3) is 0.385. The van der Waals surface area contributed by atoms with E-state index in [1.807, 2.05) is 13.0 Å². The third-order valence-corrected chi connectivity index (χ3v) is 5.32. The van der Waals surface area contributed by atoms with E-state index in [9.17, 15) is 0 Å². The molecule has 2 aromatic carbocycles. The third kappa shape index (κ3) is 5.03. The fourth-order valence-corrected chi connectivity index (χ4v) is 3.59. The van der Waals surface area contributed by atoms with E-state index in [0.29, 0.717) is 0 Å². The van der Waals surface area contributed by atoms with E-state index < -0.39 is 0 Å². The van der Waals surface area contributed by atoms with E-state index >= 15 is 0 Å². The van der Waals surface area contributed by atoms with Crippen LogP contribution in [0.5, 0.6) is 17.2 Å². The molecule has 0 heterocycles. The van der Waals surface area contributed by atoms with Gasteiger partial charge in [-0.2, -0.15) is 0 Å². The lowest BCUT2D eigenvalue weighted by molar-refractivity contribution is 0.352. The maximum absolute atomic E-state index is 5.66. The Morgan fingerprint density at radius 3 is 2.28 bits per heavy atom. The zero-order chi connectivity index (χ0) is 21.4. The summed E-state index contributed by atoms with van der Waals surface area (Å²) in [5.41, 5.74) is 5.16. The van der Waals surface area contributed by atoms with Gasteiger partial charge in [-0.15, -0.1) is 0 Å². The van der Waals surface area contributed by atoms with Crippen molar-refractivity contribution in [1.82, 2.24) is 0 Å². The molecule has 0 bridgehead atoms. The molecule has 156 valence electrons. The van der Waals surface area contributed by atoms with Crippen molar-refractivity contribution in [3.63, 3.8) is 0 Å². The summed E-state index contributed by atoms with van der Waals surface area (Å²) in [6, 6.07) is 10.5. The molecule has 0 aliphatic heterocycles. The van der Waals surface area contributed by atoms with Crippen molar-refractivity contribution >= 4 is 17.7 Å². The molecule has 0 aromatic heterocycles. The number of benzene rings is 2. The van der Waals surface area contributed by atoms with Crippen LogP contribution in [0.25, 0.3) is 17.7 Å². The van der Waals surface area contributed by atoms with Gasteiger partial charge in [0.1, 0.15) is 5.75 Å². The van der Waals surface area contributed by atoms with Gasteiger partial charge >= 0.3 is 0 Å². The minimum Gasteiger partial charge on any atom is -0.497 e. The summed E-state index contributed by atoms with van der Waals surface area (Å²) < 4.78 is 16.7. The van der Waals surface area contributed by atoms with Gasteiger partial charge in [-0.1, -0.05) is 44.1 Å². The Hall–Kier alpha value is -2.68. The predicted molar refractivity (Wildman–Crippen MR) is 123 cm³/mol. The molecule has 0 aliphatic carbocycles. The van der Waals surface area contributed by atoms with Crippen molar-refractivity contribution in [3.8, 4) is 17.2 Å². The highest BCUT2D eigenvalue weighted by molar-refractivity contribution is 5.92. The van der Waals surface area contributed by atoms with E-state index in [2.05, 4.69) is 57.2 Å². The molecular formula is C26H34O3. The van der Waals surface area contributed by atoms with E-state index in [-0.39, 0.29) is 0 Å². The maximum Gasteiger partial charge on any atom is 0.168 e. The van der Waals surface area contributed by atoms with Crippen LogP contribution in [0.4, 0.5) is 0 Å². The third-order valence-electron chi connectivity index (χ3n) is 5.32. The fourth-order valence-electron chi connectivity index (χ4n) is 3.59. The van der Waals surface area contributed by atoms with Crippen molar-refractivity contribution in [2.45, 2.75) is 47.0 Å². The van der Waals surface area contributed by atoms with Gasteiger partial charge in [-0.25, -0.2) is 0 Å². The van der Waals surface area contributed by atoms with Crippen LogP contribution >= 0.6 is 0 Å². The van der Waals surface area contributed by atoms with Gasteiger partial charge < -0.3 is 14.2 Å². The highest BCUT2D eigenvalue weighted by Crippen LogP contribution is 2.30. The lowest BCUT2D eigenvalue weighted by atomic mass is 9.91. The molecule has 0 amide bonds. The quantitative estimate of drug-likeness (QED) is 0.621. The SMILES string of the molecule is C/C=c1/c(OC)c(OC)cc/c1=C/C(=C(\C)CC)c1cc(OC)ccc1CCC. The molecule has 0 N–H and O–H groups in total. The van der Waals surface area contributed by atoms with E-state index in [0.717, 1.165) is 46.9 Å². The van der Waals surface area contributed by atoms with Crippen molar-refractivity contribution in [3.05, 3.63) is 57.5 Å². The first-order valence-electron chi connectivity index (χ1n) is 10.3. The molecule has 0 atom stereocenters. The second-order valence-corrected chi connectivity index (χ2v) is 7.06. The maximum atomic E-state index is 5.66. The molecule has 0 unspecified atom stereocenters. The lowest BCUT2D eigenvalue weighted by Gasteiger charge is -2.15. The number of ether oxygens (including phenoxy) is 3. The molecule has 0 radical (unpaired) electrons. The average Bonchev–Trinajstić information content (AvgIpc) is 2.76. The normalized spacial score (nSPS) is 13.3. The Morgan fingerprint density at radius 1 is 0.966 bits per heavy atom. The number of aryl methyl sites for hydroxylation is 1. The Bertz CT molecular complexity index is 984. The molecule has 0 aliphatic rings. The first-order chi connectivity index (χ1) is 14.0. The number of hydrogen-bond acceptors (Lipinski definition) is 3. The van der Waals surface area contributed by atoms with Crippen LogP contribution in [0.3, 0.4) is 0 Å². The Labute approximate surface area is 175 Å². The minimum atomic E-state index is 0.739. The minimum absolute atomic E-state index is 0.739. The van der Waals surface area contributed by atoms with Crippen LogP contribution in [0.2, 0.25) is 0 Å². The van der Waals surface area contributed by atoms with E-state index in [1.165, 1.54) is 22.3 Å². The lowest BCUT2D eigenvalue weighted by Crippen LogP contribution is -2.26. The molecule has 3 heteroatoms. The Morgan fingerprint density at radius 2 is 1.72 bits per heavy atom. The van der Waals surface area contributed by atoms with Gasteiger partial charge in [0.15, 0.2) is 11.5 Å². The van der Waals surface area contributed by atoms with Crippen LogP contribution in [0.1, 0.15) is 51.7 Å². The second-order valence-electron chi connectivity index (χ2n) is 7.06. The molecule has 0 fully saturated rings. The summed E-state index contributed by atoms with van der Waals surface area (Å²) in [4.78, 5) is 0. The molecule has 0 spiro atoms. The molecule has 2 rings (SSSR count). The Kier molecular flexibility index (Phi) is 8.38. The molecule has 29 heavy (non-hydrogen) atoms. The highest BCUT2D eigenvalue weighted by Gasteiger charge is 2.12. The van der Waals surface area contributed by atoms with Gasteiger partial charge in [0.2, 0.25) is 0 Å². The van der Waals surface area contributed by atoms with Crippen LogP contribution in [0.15, 0.2) is 35.9 Å². The van der Waals surface area contributed by atoms with E-state index in [4.69, 9.17) is 14.2 Å². The number of rotatable bonds is 8. The Balaban J connectivity index is 2.86. The standard InChI is InChI=1S/C26H34O3/c1-8-11-19-12-14-21(27-5)17-24(19)23(18(4)9-2)16-20-13-15-25(28-6)26(29-7)22(20)10-3/h10,12-17H,8-9,11H2,1-7H3/b20-16-,22-10+,23-18-. The van der Waals surface area contributed by atoms with Gasteiger partial charge in [0.05, 0.1) is 21.3 Å². The molecular weight excluding hydrogens is 360 g/mol. The number of methoxy groups -OCH3 is 3. The van der Waals surface area contributed by atoms with Crippen molar-refractivity contribution in [2.24, 2.45) is 0 Å². The molecule has 2 aromatic rings. The van der Waals surface area contributed by atoms with E-state index in [1.54, 1.807) is 21.3 Å². The largest absolute Gasteiger partial charge is 0.497 e. The zero-order valence-corrected chi connectivity index (χ0v) is 18.9. The number of hydrogen-bond donors (Lipinski definition) is 0. The van der Waals surface area contributed by atoms with Crippen molar-refractivity contribution < 1.29 is 14.2 Å². The first kappa shape index (κ1) is 22.6. The van der Waals surface area contributed by atoms with Crippen LogP contribution in [-0.4, -0.2) is 21.3 Å². The van der Waals surface area contributed by atoms with Crippen molar-refractivity contribution in [1.29, 1.82) is 0 Å².